The van der Waals surface area contributed by atoms with Crippen LogP contribution in [-0.2, 0) is 0 Å². The van der Waals surface area contributed by atoms with Crippen molar-refractivity contribution in [2.75, 3.05) is 20.1 Å². The lowest BCUT2D eigenvalue weighted by Gasteiger charge is -2.28. The summed E-state index contributed by atoms with van der Waals surface area (Å²) in [7, 11) is 2.15. The molecule has 0 spiro atoms. The summed E-state index contributed by atoms with van der Waals surface area (Å²) in [4.78, 5) is 16.1. The second-order valence-corrected chi connectivity index (χ2v) is 4.06. The Morgan fingerprint density at radius 3 is 2.79 bits per heavy atom. The van der Waals surface area contributed by atoms with Gasteiger partial charge in [0.25, 0.3) is 0 Å². The first-order valence-electron chi connectivity index (χ1n) is 5.13. The van der Waals surface area contributed by atoms with Crippen molar-refractivity contribution >= 4 is 0 Å². The predicted octanol–water partition coefficient (Wildman–Crippen LogP) is 1.18. The molecule has 3 heteroatoms. The van der Waals surface area contributed by atoms with Crippen molar-refractivity contribution in [1.29, 1.82) is 0 Å². The first-order valence-corrected chi connectivity index (χ1v) is 5.13. The van der Waals surface area contributed by atoms with E-state index >= 15 is 0 Å². The van der Waals surface area contributed by atoms with Crippen molar-refractivity contribution in [3.8, 4) is 0 Å². The SMILES string of the molecule is CN1CCC(c2cc[nH]c(=O)c2)CC1. The molecule has 0 unspecified atom stereocenters. The molecule has 1 aliphatic rings. The highest BCUT2D eigenvalue weighted by molar-refractivity contribution is 5.16. The van der Waals surface area contributed by atoms with Crippen LogP contribution in [0.3, 0.4) is 0 Å². The van der Waals surface area contributed by atoms with Gasteiger partial charge in [0.15, 0.2) is 0 Å². The van der Waals surface area contributed by atoms with Gasteiger partial charge in [-0.1, -0.05) is 0 Å². The van der Waals surface area contributed by atoms with E-state index in [-0.39, 0.29) is 5.56 Å². The molecule has 2 heterocycles. The van der Waals surface area contributed by atoms with E-state index < -0.39 is 0 Å². The van der Waals surface area contributed by atoms with Crippen LogP contribution in [0.2, 0.25) is 0 Å². The van der Waals surface area contributed by atoms with Crippen LogP contribution < -0.4 is 5.56 Å². The summed E-state index contributed by atoms with van der Waals surface area (Å²) in [5.74, 6) is 0.577. The van der Waals surface area contributed by atoms with Crippen LogP contribution in [0.25, 0.3) is 0 Å². The normalized spacial score (nSPS) is 19.8. The maximum Gasteiger partial charge on any atom is 0.248 e. The fraction of sp³-hybridized carbons (Fsp3) is 0.545. The molecule has 76 valence electrons. The van der Waals surface area contributed by atoms with Gasteiger partial charge in [-0.2, -0.15) is 0 Å². The van der Waals surface area contributed by atoms with E-state index in [1.807, 2.05) is 6.07 Å². The number of nitrogens with zero attached hydrogens (tertiary/aromatic N) is 1. The summed E-state index contributed by atoms with van der Waals surface area (Å²) in [6, 6.07) is 3.76. The summed E-state index contributed by atoms with van der Waals surface area (Å²) in [6.07, 6.45) is 4.08. The number of likely N-dealkylation sites (tertiary alicyclic amines) is 1. The van der Waals surface area contributed by atoms with Crippen LogP contribution in [0.4, 0.5) is 0 Å². The van der Waals surface area contributed by atoms with Crippen molar-refractivity contribution in [2.45, 2.75) is 18.8 Å². The minimum absolute atomic E-state index is 0.0152. The van der Waals surface area contributed by atoms with Crippen LogP contribution >= 0.6 is 0 Å². The lowest BCUT2D eigenvalue weighted by Crippen LogP contribution is -2.29. The van der Waals surface area contributed by atoms with Crippen molar-refractivity contribution in [1.82, 2.24) is 9.88 Å². The molecule has 1 aliphatic heterocycles. The highest BCUT2D eigenvalue weighted by Crippen LogP contribution is 2.25. The molecular weight excluding hydrogens is 176 g/mol. The van der Waals surface area contributed by atoms with Crippen molar-refractivity contribution in [3.63, 3.8) is 0 Å². The van der Waals surface area contributed by atoms with Gasteiger partial charge in [-0.15, -0.1) is 0 Å². The van der Waals surface area contributed by atoms with Gasteiger partial charge >= 0.3 is 0 Å². The number of aromatic nitrogens is 1. The number of piperidine rings is 1. The van der Waals surface area contributed by atoms with Gasteiger partial charge in [0.05, 0.1) is 0 Å². The summed E-state index contributed by atoms with van der Waals surface area (Å²) in [5, 5.41) is 0. The zero-order valence-electron chi connectivity index (χ0n) is 8.49. The lowest BCUT2D eigenvalue weighted by atomic mass is 9.90. The largest absolute Gasteiger partial charge is 0.329 e. The van der Waals surface area contributed by atoms with Gasteiger partial charge in [-0.05, 0) is 50.5 Å². The Morgan fingerprint density at radius 2 is 2.14 bits per heavy atom. The van der Waals surface area contributed by atoms with E-state index in [9.17, 15) is 4.79 Å². The fourth-order valence-corrected chi connectivity index (χ4v) is 2.06. The Hall–Kier alpha value is -1.09. The first kappa shape index (κ1) is 9.46. The Balaban J connectivity index is 2.12. The van der Waals surface area contributed by atoms with E-state index in [0.717, 1.165) is 13.1 Å². The molecule has 0 atom stereocenters. The van der Waals surface area contributed by atoms with Crippen molar-refractivity contribution in [3.05, 3.63) is 34.2 Å². The second-order valence-electron chi connectivity index (χ2n) is 4.06. The van der Waals surface area contributed by atoms with Gasteiger partial charge in [0.1, 0.15) is 0 Å². The molecule has 0 radical (unpaired) electrons. The predicted molar refractivity (Wildman–Crippen MR) is 56.5 cm³/mol. The zero-order valence-corrected chi connectivity index (χ0v) is 8.49. The van der Waals surface area contributed by atoms with Crippen LogP contribution in [0.1, 0.15) is 24.3 Å². The van der Waals surface area contributed by atoms with Crippen LogP contribution in [0.15, 0.2) is 23.1 Å². The molecule has 0 amide bonds. The van der Waals surface area contributed by atoms with Gasteiger partial charge in [-0.3, -0.25) is 4.79 Å². The Kier molecular flexibility index (Phi) is 2.68. The highest BCUT2D eigenvalue weighted by Gasteiger charge is 2.18. The molecule has 1 saturated heterocycles. The maximum atomic E-state index is 11.1. The monoisotopic (exact) mass is 192 g/mol. The Morgan fingerprint density at radius 1 is 1.43 bits per heavy atom. The van der Waals surface area contributed by atoms with Gasteiger partial charge in [0, 0.05) is 12.3 Å². The minimum Gasteiger partial charge on any atom is -0.329 e. The fourth-order valence-electron chi connectivity index (χ4n) is 2.06. The van der Waals surface area contributed by atoms with Gasteiger partial charge in [-0.25, -0.2) is 0 Å². The Labute approximate surface area is 83.8 Å². The average molecular weight is 192 g/mol. The molecular formula is C11H16N2O. The van der Waals surface area contributed by atoms with Crippen molar-refractivity contribution in [2.24, 2.45) is 0 Å². The first-order chi connectivity index (χ1) is 6.75. The number of hydrogen-bond donors (Lipinski definition) is 1. The lowest BCUT2D eigenvalue weighted by molar-refractivity contribution is 0.255. The van der Waals surface area contributed by atoms with E-state index in [4.69, 9.17) is 0 Å². The zero-order chi connectivity index (χ0) is 9.97. The molecule has 1 N–H and O–H groups in total. The number of aromatic amines is 1. The van der Waals surface area contributed by atoms with Crippen LogP contribution in [-0.4, -0.2) is 30.0 Å². The van der Waals surface area contributed by atoms with E-state index in [1.165, 1.54) is 18.4 Å². The van der Waals surface area contributed by atoms with Gasteiger partial charge in [0.2, 0.25) is 5.56 Å². The number of nitrogens with one attached hydrogen (secondary N) is 1. The van der Waals surface area contributed by atoms with E-state index in [0.29, 0.717) is 5.92 Å². The quantitative estimate of drug-likeness (QED) is 0.725. The molecule has 2 rings (SSSR count). The summed E-state index contributed by atoms with van der Waals surface area (Å²) in [6.45, 7) is 2.27. The molecule has 0 saturated carbocycles. The van der Waals surface area contributed by atoms with Crippen LogP contribution in [0.5, 0.6) is 0 Å². The maximum absolute atomic E-state index is 11.1. The standard InChI is InChI=1S/C11H16N2O/c1-13-6-3-9(4-7-13)10-2-5-12-11(14)8-10/h2,5,8-9H,3-4,6-7H2,1H3,(H,12,14). The molecule has 1 aromatic rings. The summed E-state index contributed by atoms with van der Waals surface area (Å²) >= 11 is 0. The van der Waals surface area contributed by atoms with E-state index in [1.54, 1.807) is 12.3 Å². The third kappa shape index (κ3) is 2.04. The minimum atomic E-state index is 0.0152. The van der Waals surface area contributed by atoms with Gasteiger partial charge < -0.3 is 9.88 Å². The number of pyridine rings is 1. The Bertz CT molecular complexity index is 350. The third-order valence-corrected chi connectivity index (χ3v) is 2.99. The molecule has 0 bridgehead atoms. The topological polar surface area (TPSA) is 36.1 Å². The molecule has 14 heavy (non-hydrogen) atoms. The highest BCUT2D eigenvalue weighted by atomic mass is 16.1. The molecule has 1 aromatic heterocycles. The number of hydrogen-bond acceptors (Lipinski definition) is 2. The molecule has 0 aromatic carbocycles. The number of H-pyrrole nitrogens is 1. The van der Waals surface area contributed by atoms with Crippen LogP contribution in [0, 0.1) is 0 Å². The summed E-state index contributed by atoms with van der Waals surface area (Å²) in [5.41, 5.74) is 1.21. The molecule has 3 nitrogen and oxygen atoms in total. The average Bonchev–Trinajstić information content (AvgIpc) is 2.19. The third-order valence-electron chi connectivity index (χ3n) is 2.99. The molecule has 0 aliphatic carbocycles. The summed E-state index contributed by atoms with van der Waals surface area (Å²) < 4.78 is 0. The second kappa shape index (κ2) is 3.96. The smallest absolute Gasteiger partial charge is 0.248 e. The number of rotatable bonds is 1. The van der Waals surface area contributed by atoms with E-state index in [2.05, 4.69) is 16.9 Å². The molecule has 1 fully saturated rings. The van der Waals surface area contributed by atoms with Crippen molar-refractivity contribution < 1.29 is 0 Å².